The molecule has 2 aromatic carbocycles. The van der Waals surface area contributed by atoms with E-state index in [9.17, 15) is 4.79 Å². The summed E-state index contributed by atoms with van der Waals surface area (Å²) in [5.74, 6) is 1.16. The molecule has 2 unspecified atom stereocenters. The summed E-state index contributed by atoms with van der Waals surface area (Å²) in [6.07, 6.45) is 0. The number of nitrogens with one attached hydrogen (secondary N) is 1. The molecule has 0 aromatic heterocycles. The minimum absolute atomic E-state index is 0.0416. The van der Waals surface area contributed by atoms with Crippen molar-refractivity contribution < 1.29 is 4.79 Å². The molecule has 2 aromatic rings. The van der Waals surface area contributed by atoms with Gasteiger partial charge in [-0.3, -0.25) is 4.79 Å². The van der Waals surface area contributed by atoms with Gasteiger partial charge in [0.15, 0.2) is 0 Å². The average Bonchev–Trinajstić information content (AvgIpc) is 3.21. The molecule has 1 amide bonds. The van der Waals surface area contributed by atoms with Crippen LogP contribution in [0.15, 0.2) is 48.5 Å². The van der Waals surface area contributed by atoms with E-state index in [0.29, 0.717) is 11.8 Å². The molecule has 1 fully saturated rings. The molecule has 2 atom stereocenters. The molecule has 0 spiro atoms. The van der Waals surface area contributed by atoms with E-state index in [1.807, 2.05) is 0 Å². The summed E-state index contributed by atoms with van der Waals surface area (Å²) in [6, 6.07) is 17.1. The Hall–Kier alpha value is -2.09. The maximum atomic E-state index is 12.3. The van der Waals surface area contributed by atoms with Gasteiger partial charge >= 0.3 is 0 Å². The topological polar surface area (TPSA) is 29.1 Å². The molecule has 0 saturated heterocycles. The quantitative estimate of drug-likeness (QED) is 0.762. The zero-order chi connectivity index (χ0) is 12.6. The zero-order valence-corrected chi connectivity index (χ0v) is 10.3. The second kappa shape index (κ2) is 3.08. The van der Waals surface area contributed by atoms with Crippen molar-refractivity contribution >= 4 is 5.91 Å². The van der Waals surface area contributed by atoms with E-state index in [4.69, 9.17) is 0 Å². The number of hydrogen-bond acceptors (Lipinski definition) is 1. The van der Waals surface area contributed by atoms with Gasteiger partial charge in [0, 0.05) is 11.8 Å². The number of fused-ring (bicyclic) bond motifs is 1. The predicted molar refractivity (Wildman–Crippen MR) is 71.8 cm³/mol. The molecule has 4 aliphatic rings. The van der Waals surface area contributed by atoms with Crippen molar-refractivity contribution in [3.8, 4) is 0 Å². The second-order valence-electron chi connectivity index (χ2n) is 5.78. The van der Waals surface area contributed by atoms with Crippen LogP contribution in [0.2, 0.25) is 0 Å². The molecule has 2 heteroatoms. The van der Waals surface area contributed by atoms with Crippen molar-refractivity contribution in [3.63, 3.8) is 0 Å². The van der Waals surface area contributed by atoms with Crippen molar-refractivity contribution in [2.45, 2.75) is 17.9 Å². The standard InChI is InChI=1S/C17H13NO/c19-17-15-13-9-5-1-3-7-11(9)16(18-17)12-8-4-2-6-10(12)14(13)15/h1-8,13-16H,(H,18,19). The van der Waals surface area contributed by atoms with Crippen LogP contribution in [-0.4, -0.2) is 5.91 Å². The first-order chi connectivity index (χ1) is 9.36. The molecular formula is C17H13NO. The fourth-order valence-corrected chi connectivity index (χ4v) is 4.13. The van der Waals surface area contributed by atoms with E-state index in [-0.39, 0.29) is 17.9 Å². The molecule has 19 heavy (non-hydrogen) atoms. The van der Waals surface area contributed by atoms with Crippen molar-refractivity contribution in [3.05, 3.63) is 70.8 Å². The SMILES string of the molecule is O=C1NC2c3ccccc3C3C1C3c1ccccc12. The predicted octanol–water partition coefficient (Wildman–Crippen LogP) is 2.72. The van der Waals surface area contributed by atoms with E-state index in [2.05, 4.69) is 53.8 Å². The molecule has 1 N–H and O–H groups in total. The number of carbonyl (C=O) groups is 1. The van der Waals surface area contributed by atoms with Gasteiger partial charge in [0.05, 0.1) is 12.0 Å². The molecule has 2 aliphatic heterocycles. The number of hydrogen-bond donors (Lipinski definition) is 1. The Labute approximate surface area is 111 Å². The molecule has 92 valence electrons. The van der Waals surface area contributed by atoms with Gasteiger partial charge in [0.2, 0.25) is 5.91 Å². The maximum Gasteiger partial charge on any atom is 0.225 e. The first-order valence-corrected chi connectivity index (χ1v) is 6.84. The first kappa shape index (κ1) is 9.79. The van der Waals surface area contributed by atoms with Gasteiger partial charge in [-0.25, -0.2) is 0 Å². The van der Waals surface area contributed by atoms with Crippen molar-refractivity contribution in [1.29, 1.82) is 0 Å². The lowest BCUT2D eigenvalue weighted by molar-refractivity contribution is -0.122. The van der Waals surface area contributed by atoms with Crippen molar-refractivity contribution in [2.24, 2.45) is 5.92 Å². The third-order valence-corrected chi connectivity index (χ3v) is 4.94. The number of benzene rings is 2. The van der Waals surface area contributed by atoms with Gasteiger partial charge in [-0.15, -0.1) is 0 Å². The van der Waals surface area contributed by atoms with Gasteiger partial charge < -0.3 is 5.32 Å². The lowest BCUT2D eigenvalue weighted by atomic mass is 9.93. The molecule has 6 rings (SSSR count). The summed E-state index contributed by atoms with van der Waals surface area (Å²) < 4.78 is 0. The van der Waals surface area contributed by atoms with Crippen LogP contribution in [0.25, 0.3) is 0 Å². The van der Waals surface area contributed by atoms with Crippen LogP contribution in [0, 0.1) is 5.92 Å². The maximum absolute atomic E-state index is 12.3. The summed E-state index contributed by atoms with van der Waals surface area (Å²) in [7, 11) is 0. The Balaban J connectivity index is 1.89. The first-order valence-electron chi connectivity index (χ1n) is 6.84. The Morgan fingerprint density at radius 1 is 0.684 bits per heavy atom. The fourth-order valence-electron chi connectivity index (χ4n) is 4.13. The van der Waals surface area contributed by atoms with Crippen molar-refractivity contribution in [2.75, 3.05) is 0 Å². The summed E-state index contributed by atoms with van der Waals surface area (Å²) in [5, 5.41) is 3.24. The lowest BCUT2D eigenvalue weighted by Crippen LogP contribution is -2.28. The van der Waals surface area contributed by atoms with E-state index in [1.54, 1.807) is 0 Å². The normalized spacial score (nSPS) is 32.7. The molecular weight excluding hydrogens is 234 g/mol. The summed E-state index contributed by atoms with van der Waals surface area (Å²) in [5.41, 5.74) is 5.32. The minimum Gasteiger partial charge on any atom is -0.345 e. The van der Waals surface area contributed by atoms with Gasteiger partial charge in [-0.05, 0) is 22.3 Å². The molecule has 2 nitrogen and oxygen atoms in total. The highest BCUT2D eigenvalue weighted by molar-refractivity contribution is 5.89. The van der Waals surface area contributed by atoms with Gasteiger partial charge in [0.1, 0.15) is 0 Å². The molecule has 2 aliphatic carbocycles. The molecule has 0 radical (unpaired) electrons. The van der Waals surface area contributed by atoms with Gasteiger partial charge in [-0.1, -0.05) is 48.5 Å². The highest BCUT2D eigenvalue weighted by Gasteiger charge is 2.61. The highest BCUT2D eigenvalue weighted by Crippen LogP contribution is 2.66. The third-order valence-electron chi connectivity index (χ3n) is 4.94. The average molecular weight is 247 g/mol. The molecule has 1 saturated carbocycles. The van der Waals surface area contributed by atoms with Crippen LogP contribution in [0.1, 0.15) is 40.1 Å². The van der Waals surface area contributed by atoms with Crippen LogP contribution in [-0.2, 0) is 4.79 Å². The fraction of sp³-hybridized carbons (Fsp3) is 0.235. The number of carbonyl (C=O) groups excluding carboxylic acids is 1. The highest BCUT2D eigenvalue weighted by atomic mass is 16.2. The van der Waals surface area contributed by atoms with E-state index >= 15 is 0 Å². The number of rotatable bonds is 0. The largest absolute Gasteiger partial charge is 0.345 e. The number of amides is 1. The Bertz CT molecular complexity index is 667. The molecule has 4 bridgehead atoms. The summed E-state index contributed by atoms with van der Waals surface area (Å²) in [6.45, 7) is 0. The van der Waals surface area contributed by atoms with Crippen LogP contribution >= 0.6 is 0 Å². The zero-order valence-electron chi connectivity index (χ0n) is 10.3. The smallest absolute Gasteiger partial charge is 0.225 e. The van der Waals surface area contributed by atoms with Crippen LogP contribution in [0.3, 0.4) is 0 Å². The van der Waals surface area contributed by atoms with Crippen LogP contribution in [0.5, 0.6) is 0 Å². The van der Waals surface area contributed by atoms with Gasteiger partial charge in [0.25, 0.3) is 0 Å². The lowest BCUT2D eigenvalue weighted by Gasteiger charge is -2.19. The Morgan fingerprint density at radius 2 is 1.16 bits per heavy atom. The Morgan fingerprint density at radius 3 is 1.68 bits per heavy atom. The molecule has 2 heterocycles. The monoisotopic (exact) mass is 247 g/mol. The Kier molecular flexibility index (Phi) is 1.58. The van der Waals surface area contributed by atoms with Crippen LogP contribution in [0.4, 0.5) is 0 Å². The summed E-state index contributed by atoms with van der Waals surface area (Å²) in [4.78, 5) is 12.3. The van der Waals surface area contributed by atoms with E-state index in [0.717, 1.165) is 0 Å². The van der Waals surface area contributed by atoms with Gasteiger partial charge in [-0.2, -0.15) is 0 Å². The van der Waals surface area contributed by atoms with E-state index in [1.165, 1.54) is 22.3 Å². The van der Waals surface area contributed by atoms with Crippen molar-refractivity contribution in [1.82, 2.24) is 5.32 Å². The summed E-state index contributed by atoms with van der Waals surface area (Å²) >= 11 is 0. The van der Waals surface area contributed by atoms with E-state index < -0.39 is 0 Å². The minimum atomic E-state index is 0.0416. The third kappa shape index (κ3) is 1.06. The van der Waals surface area contributed by atoms with Crippen LogP contribution < -0.4 is 5.32 Å². The second-order valence-corrected chi connectivity index (χ2v) is 5.78.